The largest absolute Gasteiger partial charge is 0.494 e. The Morgan fingerprint density at radius 2 is 1.81 bits per heavy atom. The summed E-state index contributed by atoms with van der Waals surface area (Å²) in [5.74, 6) is -0.178. The number of fused-ring (bicyclic) bond motifs is 5. The minimum atomic E-state index is -0.436. The lowest BCUT2D eigenvalue weighted by Crippen LogP contribution is -2.42. The monoisotopic (exact) mass is 566 g/mol. The Bertz CT molecular complexity index is 1510. The van der Waals surface area contributed by atoms with Gasteiger partial charge in [-0.05, 0) is 53.8 Å². The van der Waals surface area contributed by atoms with Crippen LogP contribution in [0, 0.1) is 5.92 Å². The topological polar surface area (TPSA) is 109 Å². The zero-order valence-electron chi connectivity index (χ0n) is 23.5. The number of rotatable bonds is 3. The van der Waals surface area contributed by atoms with Gasteiger partial charge in [-0.3, -0.25) is 24.2 Å². The molecule has 3 aliphatic rings. The number of aromatic nitrogens is 1. The first kappa shape index (κ1) is 27.6. The third kappa shape index (κ3) is 5.77. The standard InChI is InChI=1S/C33H34N4O5/c38-30-11-10-25-26(30)8-2-9-27(25)33(41)36-14-4-16-42-24-7-1-6-23(18-24)28-20-37(21-29(28)32(40)35-13-15-36)31(39)17-22-5-3-12-34-19-22/h1-3,5-9,12,18-19,28-29H,4,10-11,13-17,20-21H2,(H,35,40)/t28-,29+/m1/s1. The number of Topliss-reactive ketones (excluding diaryl/α,β-unsaturated/α-hetero) is 1. The predicted octanol–water partition coefficient (Wildman–Crippen LogP) is 3.04. The first-order valence-electron chi connectivity index (χ1n) is 14.6. The van der Waals surface area contributed by atoms with Crippen LogP contribution in [0.5, 0.6) is 5.75 Å². The number of hydrogen-bond donors (Lipinski definition) is 1. The van der Waals surface area contributed by atoms with Crippen LogP contribution in [0.2, 0.25) is 0 Å². The molecule has 0 radical (unpaired) electrons. The van der Waals surface area contributed by atoms with Crippen LogP contribution in [-0.4, -0.2) is 77.6 Å². The van der Waals surface area contributed by atoms with Crippen molar-refractivity contribution >= 4 is 23.5 Å². The molecule has 0 unspecified atom stereocenters. The van der Waals surface area contributed by atoms with Crippen LogP contribution in [0.15, 0.2) is 67.0 Å². The van der Waals surface area contributed by atoms with E-state index in [9.17, 15) is 19.2 Å². The first-order valence-corrected chi connectivity index (χ1v) is 14.6. The van der Waals surface area contributed by atoms with Crippen molar-refractivity contribution in [3.05, 3.63) is 94.8 Å². The Kier molecular flexibility index (Phi) is 7.99. The molecule has 2 aromatic carbocycles. The van der Waals surface area contributed by atoms with E-state index in [1.54, 1.807) is 40.4 Å². The van der Waals surface area contributed by atoms with Gasteiger partial charge in [0, 0.05) is 68.6 Å². The third-order valence-corrected chi connectivity index (χ3v) is 8.49. The van der Waals surface area contributed by atoms with Crippen LogP contribution in [0.1, 0.15) is 56.2 Å². The molecule has 3 heterocycles. The summed E-state index contributed by atoms with van der Waals surface area (Å²) in [5.41, 5.74) is 3.80. The number of pyridine rings is 1. The van der Waals surface area contributed by atoms with Gasteiger partial charge in [-0.25, -0.2) is 0 Å². The lowest BCUT2D eigenvalue weighted by molar-refractivity contribution is -0.130. The molecule has 1 aliphatic carbocycles. The molecule has 1 N–H and O–H groups in total. The number of carbonyl (C=O) groups is 4. The molecule has 1 saturated heterocycles. The van der Waals surface area contributed by atoms with E-state index >= 15 is 0 Å². The summed E-state index contributed by atoms with van der Waals surface area (Å²) < 4.78 is 6.07. The smallest absolute Gasteiger partial charge is 0.254 e. The Balaban J connectivity index is 1.21. The lowest BCUT2D eigenvalue weighted by Gasteiger charge is -2.25. The highest BCUT2D eigenvalue weighted by atomic mass is 16.5. The normalized spacial score (nSPS) is 20.7. The van der Waals surface area contributed by atoms with Gasteiger partial charge in [0.2, 0.25) is 11.8 Å². The summed E-state index contributed by atoms with van der Waals surface area (Å²) in [6.07, 6.45) is 5.19. The molecule has 1 fully saturated rings. The minimum absolute atomic E-state index is 0.0423. The van der Waals surface area contributed by atoms with Crippen molar-refractivity contribution in [1.82, 2.24) is 20.1 Å². The summed E-state index contributed by atoms with van der Waals surface area (Å²) in [5, 5.41) is 3.05. The highest BCUT2D eigenvalue weighted by Crippen LogP contribution is 2.35. The van der Waals surface area contributed by atoms with E-state index in [-0.39, 0.29) is 42.4 Å². The summed E-state index contributed by atoms with van der Waals surface area (Å²) >= 11 is 0. The van der Waals surface area contributed by atoms with Crippen LogP contribution in [0.25, 0.3) is 0 Å². The van der Waals surface area contributed by atoms with Crippen molar-refractivity contribution in [2.45, 2.75) is 31.6 Å². The summed E-state index contributed by atoms with van der Waals surface area (Å²) in [7, 11) is 0. The number of benzene rings is 2. The molecule has 1 aromatic heterocycles. The van der Waals surface area contributed by atoms with Gasteiger partial charge in [0.25, 0.3) is 5.91 Å². The highest BCUT2D eigenvalue weighted by Gasteiger charge is 2.40. The van der Waals surface area contributed by atoms with Crippen LogP contribution in [-0.2, 0) is 22.4 Å². The zero-order chi connectivity index (χ0) is 29.1. The molecule has 2 bridgehead atoms. The van der Waals surface area contributed by atoms with Gasteiger partial charge in [0.1, 0.15) is 5.75 Å². The molecule has 0 saturated carbocycles. The molecular formula is C33H34N4O5. The molecule has 216 valence electrons. The average Bonchev–Trinajstić information content (AvgIpc) is 3.63. The number of ether oxygens (including phenoxy) is 1. The molecule has 2 atom stereocenters. The number of amides is 3. The second kappa shape index (κ2) is 12.1. The van der Waals surface area contributed by atoms with Crippen LogP contribution < -0.4 is 10.1 Å². The van der Waals surface area contributed by atoms with E-state index in [2.05, 4.69) is 10.3 Å². The van der Waals surface area contributed by atoms with E-state index < -0.39 is 5.92 Å². The second-order valence-electron chi connectivity index (χ2n) is 11.2. The highest BCUT2D eigenvalue weighted by molar-refractivity contribution is 6.05. The number of hydrogen-bond acceptors (Lipinski definition) is 6. The Morgan fingerprint density at radius 3 is 2.67 bits per heavy atom. The van der Waals surface area contributed by atoms with E-state index in [1.807, 2.05) is 36.4 Å². The molecule has 3 amide bonds. The Morgan fingerprint density at radius 1 is 0.952 bits per heavy atom. The molecule has 2 aliphatic heterocycles. The van der Waals surface area contributed by atoms with E-state index in [0.717, 1.165) is 16.7 Å². The molecular weight excluding hydrogens is 532 g/mol. The van der Waals surface area contributed by atoms with Crippen molar-refractivity contribution in [2.75, 3.05) is 39.3 Å². The van der Waals surface area contributed by atoms with Gasteiger partial charge in [0.05, 0.1) is 18.9 Å². The molecule has 6 rings (SSSR count). The van der Waals surface area contributed by atoms with Crippen LogP contribution in [0.4, 0.5) is 0 Å². The maximum Gasteiger partial charge on any atom is 0.254 e. The summed E-state index contributed by atoms with van der Waals surface area (Å²) in [4.78, 5) is 60.4. The van der Waals surface area contributed by atoms with Crippen LogP contribution in [0.3, 0.4) is 0 Å². The van der Waals surface area contributed by atoms with Crippen molar-refractivity contribution in [3.63, 3.8) is 0 Å². The van der Waals surface area contributed by atoms with Gasteiger partial charge in [-0.1, -0.05) is 30.3 Å². The van der Waals surface area contributed by atoms with E-state index in [1.165, 1.54) is 0 Å². The fourth-order valence-corrected chi connectivity index (χ4v) is 6.30. The number of nitrogens with zero attached hydrogens (tertiary/aromatic N) is 3. The van der Waals surface area contributed by atoms with Gasteiger partial charge in [-0.15, -0.1) is 0 Å². The lowest BCUT2D eigenvalue weighted by atomic mass is 9.88. The maximum absolute atomic E-state index is 13.7. The second-order valence-corrected chi connectivity index (χ2v) is 11.2. The quantitative estimate of drug-likeness (QED) is 0.522. The van der Waals surface area contributed by atoms with Crippen molar-refractivity contribution < 1.29 is 23.9 Å². The van der Waals surface area contributed by atoms with Gasteiger partial charge in [-0.2, -0.15) is 0 Å². The van der Waals surface area contributed by atoms with Crippen molar-refractivity contribution in [1.29, 1.82) is 0 Å². The molecule has 9 nitrogen and oxygen atoms in total. The minimum Gasteiger partial charge on any atom is -0.494 e. The Hall–Kier alpha value is -4.53. The molecule has 0 spiro atoms. The van der Waals surface area contributed by atoms with Crippen LogP contribution >= 0.6 is 0 Å². The fraction of sp³-hybridized carbons (Fsp3) is 0.364. The summed E-state index contributed by atoms with van der Waals surface area (Å²) in [6.45, 7) is 2.24. The molecule has 9 heteroatoms. The van der Waals surface area contributed by atoms with Crippen molar-refractivity contribution in [3.8, 4) is 5.75 Å². The Labute approximate surface area is 244 Å². The number of likely N-dealkylation sites (tertiary alicyclic amines) is 1. The fourth-order valence-electron chi connectivity index (χ4n) is 6.30. The van der Waals surface area contributed by atoms with Crippen molar-refractivity contribution in [2.24, 2.45) is 5.92 Å². The zero-order valence-corrected chi connectivity index (χ0v) is 23.5. The van der Waals surface area contributed by atoms with Gasteiger partial charge >= 0.3 is 0 Å². The van der Waals surface area contributed by atoms with E-state index in [0.29, 0.717) is 68.9 Å². The third-order valence-electron chi connectivity index (χ3n) is 8.49. The van der Waals surface area contributed by atoms with E-state index in [4.69, 9.17) is 4.74 Å². The number of nitrogens with one attached hydrogen (secondary N) is 1. The molecule has 42 heavy (non-hydrogen) atoms. The molecule has 3 aromatic rings. The maximum atomic E-state index is 13.7. The first-order chi connectivity index (χ1) is 20.5. The SMILES string of the molecule is O=C1CCc2c1cccc2C(=O)N1CCCOc2cccc(c2)[C@H]2CN(C(=O)Cc3cccnc3)C[C@@H]2C(=O)NCC1. The number of carbonyl (C=O) groups excluding carboxylic acids is 4. The van der Waals surface area contributed by atoms with Gasteiger partial charge < -0.3 is 19.9 Å². The van der Waals surface area contributed by atoms with Gasteiger partial charge in [0.15, 0.2) is 5.78 Å². The summed E-state index contributed by atoms with van der Waals surface area (Å²) in [6, 6.07) is 16.8. The predicted molar refractivity (Wildman–Crippen MR) is 155 cm³/mol. The average molecular weight is 567 g/mol. The number of ketones is 1.